The molecule has 0 aromatic rings. The topological polar surface area (TPSA) is 21.3 Å². The number of nitrogens with one attached hydrogen (secondary N) is 1. The van der Waals surface area contributed by atoms with Crippen molar-refractivity contribution in [3.63, 3.8) is 0 Å². The van der Waals surface area contributed by atoms with Crippen molar-refractivity contribution in [1.82, 2.24) is 5.32 Å². The molecule has 0 aromatic heterocycles. The van der Waals surface area contributed by atoms with Crippen molar-refractivity contribution in [1.29, 1.82) is 0 Å². The molecule has 2 aliphatic rings. The Kier molecular flexibility index (Phi) is 4.63. The fourth-order valence-corrected chi connectivity index (χ4v) is 2.87. The second-order valence-corrected chi connectivity index (χ2v) is 6.26. The highest BCUT2D eigenvalue weighted by Gasteiger charge is 2.24. The zero-order chi connectivity index (χ0) is 12.3. The van der Waals surface area contributed by atoms with Gasteiger partial charge in [-0.15, -0.1) is 0 Å². The van der Waals surface area contributed by atoms with Gasteiger partial charge in [0.2, 0.25) is 0 Å². The minimum atomic E-state index is 0.464. The van der Waals surface area contributed by atoms with Crippen molar-refractivity contribution in [2.45, 2.75) is 58.1 Å². The average Bonchev–Trinajstić information content (AvgIpc) is 3.06. The van der Waals surface area contributed by atoms with Crippen LogP contribution in [0.15, 0.2) is 12.2 Å². The summed E-state index contributed by atoms with van der Waals surface area (Å²) < 4.78 is 6.00. The lowest BCUT2D eigenvalue weighted by Crippen LogP contribution is -2.28. The standard InChI is InChI=1S/C15H27NO/c1-11-6-12(2)8-15(7-11)17-10-13(3)9-16-14-4-5-14/h11-12,14-16H,3-10H2,1-2H3. The van der Waals surface area contributed by atoms with Crippen LogP contribution in [0.25, 0.3) is 0 Å². The Bertz CT molecular complexity index is 250. The molecular weight excluding hydrogens is 210 g/mol. The quantitative estimate of drug-likeness (QED) is 0.717. The summed E-state index contributed by atoms with van der Waals surface area (Å²) in [6.07, 6.45) is 6.97. The molecule has 0 amide bonds. The lowest BCUT2D eigenvalue weighted by atomic mass is 9.82. The summed E-state index contributed by atoms with van der Waals surface area (Å²) in [4.78, 5) is 0. The van der Waals surface area contributed by atoms with Crippen molar-refractivity contribution in [3.8, 4) is 0 Å². The maximum atomic E-state index is 6.00. The van der Waals surface area contributed by atoms with Gasteiger partial charge < -0.3 is 10.1 Å². The molecule has 0 spiro atoms. The van der Waals surface area contributed by atoms with Crippen LogP contribution in [0.3, 0.4) is 0 Å². The van der Waals surface area contributed by atoms with Crippen LogP contribution >= 0.6 is 0 Å². The smallest absolute Gasteiger partial charge is 0.0690 e. The van der Waals surface area contributed by atoms with Gasteiger partial charge >= 0.3 is 0 Å². The van der Waals surface area contributed by atoms with E-state index in [1.807, 2.05) is 0 Å². The second kappa shape index (κ2) is 6.01. The molecule has 2 unspecified atom stereocenters. The predicted octanol–water partition coefficient (Wildman–Crippen LogP) is 3.14. The summed E-state index contributed by atoms with van der Waals surface area (Å²) in [5.74, 6) is 1.64. The fourth-order valence-electron chi connectivity index (χ4n) is 2.87. The molecule has 2 aliphatic carbocycles. The van der Waals surface area contributed by atoms with E-state index in [0.29, 0.717) is 6.10 Å². The molecule has 2 nitrogen and oxygen atoms in total. The van der Waals surface area contributed by atoms with Crippen molar-refractivity contribution in [2.75, 3.05) is 13.2 Å². The van der Waals surface area contributed by atoms with Crippen molar-refractivity contribution in [2.24, 2.45) is 11.8 Å². The van der Waals surface area contributed by atoms with E-state index in [-0.39, 0.29) is 0 Å². The summed E-state index contributed by atoms with van der Waals surface area (Å²) in [5.41, 5.74) is 1.20. The molecule has 0 aromatic carbocycles. The fraction of sp³-hybridized carbons (Fsp3) is 0.867. The third-order valence-corrected chi connectivity index (χ3v) is 3.88. The summed E-state index contributed by atoms with van der Waals surface area (Å²) in [5, 5.41) is 3.48. The van der Waals surface area contributed by atoms with Gasteiger partial charge in [-0.3, -0.25) is 0 Å². The highest BCUT2D eigenvalue weighted by Crippen LogP contribution is 2.30. The first kappa shape index (κ1) is 13.1. The minimum Gasteiger partial charge on any atom is -0.374 e. The molecule has 17 heavy (non-hydrogen) atoms. The Balaban J connectivity index is 1.60. The molecule has 2 rings (SSSR count). The first-order valence-corrected chi connectivity index (χ1v) is 7.15. The molecule has 0 bridgehead atoms. The van der Waals surface area contributed by atoms with E-state index >= 15 is 0 Å². The Morgan fingerprint density at radius 1 is 1.18 bits per heavy atom. The molecule has 0 radical (unpaired) electrons. The van der Waals surface area contributed by atoms with Gasteiger partial charge in [-0.2, -0.15) is 0 Å². The highest BCUT2D eigenvalue weighted by atomic mass is 16.5. The number of rotatable bonds is 6. The van der Waals surface area contributed by atoms with Gasteiger partial charge in [0.25, 0.3) is 0 Å². The SMILES string of the molecule is C=C(CNC1CC1)COC1CC(C)CC(C)C1. The third kappa shape index (κ3) is 4.81. The van der Waals surface area contributed by atoms with Crippen LogP contribution in [-0.2, 0) is 4.74 Å². The molecule has 2 atom stereocenters. The maximum absolute atomic E-state index is 6.00. The molecule has 98 valence electrons. The van der Waals surface area contributed by atoms with Gasteiger partial charge in [0.1, 0.15) is 0 Å². The van der Waals surface area contributed by atoms with Gasteiger partial charge in [0.05, 0.1) is 12.7 Å². The first-order chi connectivity index (χ1) is 8.13. The molecule has 1 N–H and O–H groups in total. The molecule has 2 heteroatoms. The minimum absolute atomic E-state index is 0.464. The second-order valence-electron chi connectivity index (χ2n) is 6.26. The van der Waals surface area contributed by atoms with Crippen LogP contribution in [0, 0.1) is 11.8 Å². The van der Waals surface area contributed by atoms with Crippen LogP contribution in [0.5, 0.6) is 0 Å². The summed E-state index contributed by atoms with van der Waals surface area (Å²) in [7, 11) is 0. The molecule has 0 saturated heterocycles. The van der Waals surface area contributed by atoms with Gasteiger partial charge in [0.15, 0.2) is 0 Å². The first-order valence-electron chi connectivity index (χ1n) is 7.15. The molecule has 2 fully saturated rings. The predicted molar refractivity (Wildman–Crippen MR) is 72.1 cm³/mol. The normalized spacial score (nSPS) is 33.6. The third-order valence-electron chi connectivity index (χ3n) is 3.88. The zero-order valence-corrected chi connectivity index (χ0v) is 11.4. The van der Waals surface area contributed by atoms with Gasteiger partial charge in [-0.25, -0.2) is 0 Å². The van der Waals surface area contributed by atoms with Crippen molar-refractivity contribution < 1.29 is 4.74 Å². The van der Waals surface area contributed by atoms with Crippen molar-refractivity contribution >= 4 is 0 Å². The van der Waals surface area contributed by atoms with Crippen LogP contribution in [0.4, 0.5) is 0 Å². The van der Waals surface area contributed by atoms with Crippen molar-refractivity contribution in [3.05, 3.63) is 12.2 Å². The van der Waals surface area contributed by atoms with Crippen LogP contribution in [-0.4, -0.2) is 25.3 Å². The highest BCUT2D eigenvalue weighted by molar-refractivity contribution is 4.99. The summed E-state index contributed by atoms with van der Waals surface area (Å²) >= 11 is 0. The lowest BCUT2D eigenvalue weighted by molar-refractivity contribution is 0.0122. The van der Waals surface area contributed by atoms with E-state index in [4.69, 9.17) is 4.74 Å². The zero-order valence-electron chi connectivity index (χ0n) is 11.4. The largest absolute Gasteiger partial charge is 0.374 e. The monoisotopic (exact) mass is 237 g/mol. The molecule has 0 heterocycles. The Hall–Kier alpha value is -0.340. The average molecular weight is 237 g/mol. The summed E-state index contributed by atoms with van der Waals surface area (Å²) in [6, 6.07) is 0.765. The van der Waals surface area contributed by atoms with E-state index < -0.39 is 0 Å². The van der Waals surface area contributed by atoms with Crippen LogP contribution in [0.1, 0.15) is 46.0 Å². The van der Waals surface area contributed by atoms with E-state index in [9.17, 15) is 0 Å². The number of hydrogen-bond acceptors (Lipinski definition) is 2. The Labute approximate surface area is 106 Å². The lowest BCUT2D eigenvalue weighted by Gasteiger charge is -2.31. The van der Waals surface area contributed by atoms with E-state index in [1.165, 1.54) is 37.7 Å². The number of hydrogen-bond donors (Lipinski definition) is 1. The summed E-state index contributed by atoms with van der Waals surface area (Å²) in [6.45, 7) is 10.4. The molecule has 0 aliphatic heterocycles. The van der Waals surface area contributed by atoms with E-state index in [0.717, 1.165) is 31.0 Å². The van der Waals surface area contributed by atoms with Crippen LogP contribution < -0.4 is 5.32 Å². The Morgan fingerprint density at radius 2 is 1.82 bits per heavy atom. The molecular formula is C15H27NO. The number of ether oxygens (including phenoxy) is 1. The van der Waals surface area contributed by atoms with Gasteiger partial charge in [0, 0.05) is 12.6 Å². The molecule has 2 saturated carbocycles. The van der Waals surface area contributed by atoms with E-state index in [2.05, 4.69) is 25.7 Å². The van der Waals surface area contributed by atoms with Gasteiger partial charge in [-0.05, 0) is 49.5 Å². The van der Waals surface area contributed by atoms with E-state index in [1.54, 1.807) is 0 Å². The van der Waals surface area contributed by atoms with Crippen LogP contribution in [0.2, 0.25) is 0 Å². The maximum Gasteiger partial charge on any atom is 0.0690 e. The van der Waals surface area contributed by atoms with Gasteiger partial charge in [-0.1, -0.05) is 20.4 Å². The Morgan fingerprint density at radius 3 is 2.41 bits per heavy atom.